The number of nitrogens with zero attached hydrogens (tertiary/aromatic N) is 1. The fraction of sp³-hybridized carbons (Fsp3) is 0.632. The van der Waals surface area contributed by atoms with Gasteiger partial charge in [-0.15, -0.1) is 0 Å². The van der Waals surface area contributed by atoms with Gasteiger partial charge in [0.05, 0.1) is 13.0 Å². The Labute approximate surface area is 136 Å². The van der Waals surface area contributed by atoms with Crippen LogP contribution in [-0.4, -0.2) is 30.0 Å². The predicted molar refractivity (Wildman–Crippen MR) is 85.6 cm³/mol. The van der Waals surface area contributed by atoms with Crippen LogP contribution in [0.5, 0.6) is 5.75 Å². The SMILES string of the molecule is O=C(CCOc1cccc(F)c1)N1CC2C[C@@H]3CC1C[C@H](C2)C3. The van der Waals surface area contributed by atoms with Gasteiger partial charge in [-0.2, -0.15) is 0 Å². The summed E-state index contributed by atoms with van der Waals surface area (Å²) in [5.41, 5.74) is 0. The van der Waals surface area contributed by atoms with Crippen LogP contribution in [0.1, 0.15) is 38.5 Å². The summed E-state index contributed by atoms with van der Waals surface area (Å²) < 4.78 is 18.7. The third-order valence-electron chi connectivity index (χ3n) is 5.81. The van der Waals surface area contributed by atoms with Crippen molar-refractivity contribution in [3.8, 4) is 5.75 Å². The topological polar surface area (TPSA) is 29.5 Å². The number of hydrogen-bond acceptors (Lipinski definition) is 2. The number of halogens is 1. The molecule has 4 bridgehead atoms. The average molecular weight is 317 g/mol. The summed E-state index contributed by atoms with van der Waals surface area (Å²) in [4.78, 5) is 14.8. The number of fused-ring (bicyclic) bond motifs is 1. The summed E-state index contributed by atoms with van der Waals surface area (Å²) >= 11 is 0. The number of ether oxygens (including phenoxy) is 1. The van der Waals surface area contributed by atoms with Gasteiger partial charge in [0.1, 0.15) is 11.6 Å². The van der Waals surface area contributed by atoms with Gasteiger partial charge in [-0.3, -0.25) is 4.79 Å². The van der Waals surface area contributed by atoms with Crippen molar-refractivity contribution in [1.82, 2.24) is 4.90 Å². The molecule has 2 saturated carbocycles. The normalized spacial score (nSPS) is 32.0. The number of hydrogen-bond donors (Lipinski definition) is 0. The highest BCUT2D eigenvalue weighted by Crippen LogP contribution is 2.47. The van der Waals surface area contributed by atoms with Gasteiger partial charge in [-0.25, -0.2) is 4.39 Å². The lowest BCUT2D eigenvalue weighted by atomic mass is 9.68. The van der Waals surface area contributed by atoms with Crippen LogP contribution in [0.25, 0.3) is 0 Å². The molecule has 1 aromatic carbocycles. The Morgan fingerprint density at radius 2 is 1.87 bits per heavy atom. The van der Waals surface area contributed by atoms with Gasteiger partial charge in [0.15, 0.2) is 0 Å². The molecule has 0 N–H and O–H groups in total. The molecule has 0 spiro atoms. The Kier molecular flexibility index (Phi) is 4.00. The Bertz CT molecular complexity index is 576. The summed E-state index contributed by atoms with van der Waals surface area (Å²) in [6, 6.07) is 6.54. The molecule has 124 valence electrons. The van der Waals surface area contributed by atoms with Crippen LogP contribution in [0.4, 0.5) is 4.39 Å². The van der Waals surface area contributed by atoms with Crippen molar-refractivity contribution in [2.24, 2.45) is 17.8 Å². The largest absolute Gasteiger partial charge is 0.493 e. The third kappa shape index (κ3) is 3.22. The molecule has 3 nitrogen and oxygen atoms in total. The van der Waals surface area contributed by atoms with Gasteiger partial charge in [0.2, 0.25) is 5.91 Å². The van der Waals surface area contributed by atoms with Crippen molar-refractivity contribution in [3.05, 3.63) is 30.1 Å². The maximum atomic E-state index is 13.1. The number of carbonyl (C=O) groups is 1. The minimum atomic E-state index is -0.311. The number of amides is 1. The van der Waals surface area contributed by atoms with Crippen LogP contribution in [0.2, 0.25) is 0 Å². The number of rotatable bonds is 4. The maximum absolute atomic E-state index is 13.1. The molecular weight excluding hydrogens is 293 g/mol. The van der Waals surface area contributed by atoms with E-state index >= 15 is 0 Å². The lowest BCUT2D eigenvalue weighted by molar-refractivity contribution is -0.134. The molecular formula is C19H24FNO2. The predicted octanol–water partition coefficient (Wildman–Crippen LogP) is 3.63. The van der Waals surface area contributed by atoms with Crippen molar-refractivity contribution in [2.75, 3.05) is 13.2 Å². The van der Waals surface area contributed by atoms with E-state index in [-0.39, 0.29) is 11.7 Å². The van der Waals surface area contributed by atoms with E-state index in [9.17, 15) is 9.18 Å². The first-order chi connectivity index (χ1) is 11.2. The zero-order valence-corrected chi connectivity index (χ0v) is 13.4. The van der Waals surface area contributed by atoms with Gasteiger partial charge in [0.25, 0.3) is 0 Å². The Balaban J connectivity index is 1.34. The first kappa shape index (κ1) is 15.0. The monoisotopic (exact) mass is 317 g/mol. The second-order valence-electron chi connectivity index (χ2n) is 7.53. The van der Waals surface area contributed by atoms with Crippen LogP contribution in [0.3, 0.4) is 0 Å². The van der Waals surface area contributed by atoms with Crippen LogP contribution in [0.15, 0.2) is 24.3 Å². The van der Waals surface area contributed by atoms with Crippen LogP contribution in [0, 0.1) is 23.6 Å². The van der Waals surface area contributed by atoms with E-state index in [0.717, 1.165) is 18.4 Å². The molecule has 2 unspecified atom stereocenters. The Morgan fingerprint density at radius 3 is 2.61 bits per heavy atom. The standard InChI is InChI=1S/C19H24FNO2/c20-16-2-1-3-18(11-16)23-5-4-19(22)21-12-15-7-13-6-14(8-15)10-17(21)9-13/h1-3,11,13-15,17H,4-10,12H2/t13-,14+,15?,17?. The highest BCUT2D eigenvalue weighted by atomic mass is 19.1. The highest BCUT2D eigenvalue weighted by molar-refractivity contribution is 5.76. The Morgan fingerprint density at radius 1 is 1.13 bits per heavy atom. The first-order valence-electron chi connectivity index (χ1n) is 8.85. The summed E-state index contributed by atoms with van der Waals surface area (Å²) in [6.45, 7) is 1.26. The van der Waals surface area contributed by atoms with Gasteiger partial charge in [-0.05, 0) is 62.0 Å². The molecule has 4 atom stereocenters. The van der Waals surface area contributed by atoms with E-state index in [1.54, 1.807) is 12.1 Å². The molecule has 23 heavy (non-hydrogen) atoms. The Hall–Kier alpha value is -1.58. The van der Waals surface area contributed by atoms with Crippen LogP contribution in [-0.2, 0) is 4.79 Å². The molecule has 2 aliphatic heterocycles. The van der Waals surface area contributed by atoms with E-state index in [0.29, 0.717) is 30.7 Å². The van der Waals surface area contributed by atoms with E-state index < -0.39 is 0 Å². The molecule has 2 saturated heterocycles. The molecule has 2 aliphatic carbocycles. The number of carbonyl (C=O) groups excluding carboxylic acids is 1. The van der Waals surface area contributed by atoms with Crippen molar-refractivity contribution in [1.29, 1.82) is 0 Å². The molecule has 0 aromatic heterocycles. The third-order valence-corrected chi connectivity index (χ3v) is 5.81. The molecule has 4 heteroatoms. The zero-order valence-electron chi connectivity index (χ0n) is 13.4. The zero-order chi connectivity index (χ0) is 15.8. The van der Waals surface area contributed by atoms with E-state index in [1.807, 2.05) is 0 Å². The van der Waals surface area contributed by atoms with Crippen molar-refractivity contribution < 1.29 is 13.9 Å². The molecule has 5 rings (SSSR count). The second kappa shape index (κ2) is 6.14. The van der Waals surface area contributed by atoms with Gasteiger partial charge >= 0.3 is 0 Å². The summed E-state index contributed by atoms with van der Waals surface area (Å²) in [5, 5.41) is 0. The summed E-state index contributed by atoms with van der Waals surface area (Å²) in [5.74, 6) is 2.79. The minimum Gasteiger partial charge on any atom is -0.493 e. The molecule has 1 aromatic rings. The van der Waals surface area contributed by atoms with E-state index in [1.165, 1.54) is 44.2 Å². The van der Waals surface area contributed by atoms with E-state index in [2.05, 4.69) is 4.90 Å². The quantitative estimate of drug-likeness (QED) is 0.848. The first-order valence-corrected chi connectivity index (χ1v) is 8.85. The van der Waals surface area contributed by atoms with Gasteiger partial charge < -0.3 is 9.64 Å². The van der Waals surface area contributed by atoms with E-state index in [4.69, 9.17) is 4.74 Å². The van der Waals surface area contributed by atoms with Crippen LogP contribution >= 0.6 is 0 Å². The number of benzene rings is 1. The molecule has 0 radical (unpaired) electrons. The molecule has 1 amide bonds. The molecule has 4 aliphatic rings. The highest BCUT2D eigenvalue weighted by Gasteiger charge is 2.43. The molecule has 2 heterocycles. The lowest BCUT2D eigenvalue weighted by Gasteiger charge is -2.39. The lowest BCUT2D eigenvalue weighted by Crippen LogP contribution is -2.42. The van der Waals surface area contributed by atoms with Gasteiger partial charge in [0, 0.05) is 18.7 Å². The fourth-order valence-corrected chi connectivity index (χ4v) is 5.05. The fourth-order valence-electron chi connectivity index (χ4n) is 5.05. The van der Waals surface area contributed by atoms with Crippen molar-refractivity contribution in [3.63, 3.8) is 0 Å². The maximum Gasteiger partial charge on any atom is 0.226 e. The smallest absolute Gasteiger partial charge is 0.226 e. The average Bonchev–Trinajstić information content (AvgIpc) is 2.71. The summed E-state index contributed by atoms with van der Waals surface area (Å²) in [6.07, 6.45) is 6.80. The van der Waals surface area contributed by atoms with Gasteiger partial charge in [-0.1, -0.05) is 6.07 Å². The van der Waals surface area contributed by atoms with Crippen molar-refractivity contribution >= 4 is 5.91 Å². The molecule has 4 fully saturated rings. The summed E-state index contributed by atoms with van der Waals surface area (Å²) in [7, 11) is 0. The minimum absolute atomic E-state index is 0.208. The van der Waals surface area contributed by atoms with Crippen LogP contribution < -0.4 is 4.74 Å². The van der Waals surface area contributed by atoms with Crippen molar-refractivity contribution in [2.45, 2.75) is 44.6 Å². The second-order valence-corrected chi connectivity index (χ2v) is 7.53.